The van der Waals surface area contributed by atoms with Crippen molar-refractivity contribution in [1.29, 1.82) is 0 Å². The Bertz CT molecular complexity index is 326. The summed E-state index contributed by atoms with van der Waals surface area (Å²) in [5, 5.41) is 1.14. The molecule has 1 saturated carbocycles. The molecule has 0 bridgehead atoms. The van der Waals surface area contributed by atoms with Crippen LogP contribution < -0.4 is 5.73 Å². The molecule has 1 aromatic rings. The maximum absolute atomic E-state index is 6.26. The van der Waals surface area contributed by atoms with Crippen LogP contribution in [0.2, 0.25) is 0 Å². The predicted molar refractivity (Wildman–Crippen MR) is 65.1 cm³/mol. The van der Waals surface area contributed by atoms with E-state index in [4.69, 9.17) is 5.73 Å². The van der Waals surface area contributed by atoms with Gasteiger partial charge in [-0.15, -0.1) is 11.3 Å². The van der Waals surface area contributed by atoms with Crippen LogP contribution in [0.25, 0.3) is 0 Å². The van der Waals surface area contributed by atoms with Crippen LogP contribution in [-0.2, 0) is 0 Å². The van der Waals surface area contributed by atoms with E-state index < -0.39 is 0 Å². The average molecular weight is 224 g/mol. The zero-order chi connectivity index (χ0) is 10.8. The van der Waals surface area contributed by atoms with Crippen molar-refractivity contribution in [1.82, 2.24) is 4.98 Å². The number of nitrogens with two attached hydrogens (primary N) is 1. The largest absolute Gasteiger partial charge is 0.323 e. The van der Waals surface area contributed by atoms with E-state index in [-0.39, 0.29) is 6.04 Å². The maximum Gasteiger partial charge on any atom is 0.0900 e. The maximum atomic E-state index is 6.26. The molecule has 1 aliphatic carbocycles. The van der Waals surface area contributed by atoms with E-state index in [9.17, 15) is 0 Å². The summed E-state index contributed by atoms with van der Waals surface area (Å²) in [6.07, 6.45) is 6.72. The molecule has 2 nitrogen and oxygen atoms in total. The lowest BCUT2D eigenvalue weighted by atomic mass is 9.97. The van der Waals surface area contributed by atoms with Gasteiger partial charge in [0.1, 0.15) is 0 Å². The standard InChI is InChI=1S/C12H20N2S/c1-8-12(15-9(2)14-8)11(13)7-10-5-3-4-6-10/h10-11H,3-7,13H2,1-2H3. The third-order valence-corrected chi connectivity index (χ3v) is 4.54. The second kappa shape index (κ2) is 4.62. The molecule has 0 saturated heterocycles. The molecule has 0 radical (unpaired) electrons. The fourth-order valence-electron chi connectivity index (χ4n) is 2.60. The lowest BCUT2D eigenvalue weighted by Crippen LogP contribution is -2.13. The molecule has 2 N–H and O–H groups in total. The molecule has 1 fully saturated rings. The molecule has 84 valence electrons. The van der Waals surface area contributed by atoms with Gasteiger partial charge in [-0.2, -0.15) is 0 Å². The first kappa shape index (κ1) is 11.1. The van der Waals surface area contributed by atoms with E-state index in [0.29, 0.717) is 0 Å². The van der Waals surface area contributed by atoms with E-state index in [2.05, 4.69) is 18.8 Å². The highest BCUT2D eigenvalue weighted by Gasteiger charge is 2.21. The van der Waals surface area contributed by atoms with Crippen molar-refractivity contribution in [2.45, 2.75) is 52.0 Å². The molecule has 1 aromatic heterocycles. The molecule has 1 aliphatic rings. The van der Waals surface area contributed by atoms with Crippen LogP contribution >= 0.6 is 11.3 Å². The van der Waals surface area contributed by atoms with Gasteiger partial charge in [-0.25, -0.2) is 4.98 Å². The summed E-state index contributed by atoms with van der Waals surface area (Å²) < 4.78 is 0. The van der Waals surface area contributed by atoms with Crippen molar-refractivity contribution in [3.8, 4) is 0 Å². The molecule has 1 atom stereocenters. The van der Waals surface area contributed by atoms with Crippen molar-refractivity contribution in [2.75, 3.05) is 0 Å². The van der Waals surface area contributed by atoms with E-state index in [1.54, 1.807) is 11.3 Å². The lowest BCUT2D eigenvalue weighted by Gasteiger charge is -2.15. The minimum Gasteiger partial charge on any atom is -0.323 e. The summed E-state index contributed by atoms with van der Waals surface area (Å²) in [7, 11) is 0. The number of hydrogen-bond donors (Lipinski definition) is 1. The van der Waals surface area contributed by atoms with Gasteiger partial charge < -0.3 is 5.73 Å². The van der Waals surface area contributed by atoms with Gasteiger partial charge in [0.25, 0.3) is 0 Å². The summed E-state index contributed by atoms with van der Waals surface area (Å²) in [6, 6.07) is 0.222. The Morgan fingerprint density at radius 3 is 2.60 bits per heavy atom. The molecule has 1 heterocycles. The Morgan fingerprint density at radius 2 is 2.07 bits per heavy atom. The minimum absolute atomic E-state index is 0.222. The van der Waals surface area contributed by atoms with Crippen LogP contribution in [0.5, 0.6) is 0 Å². The number of nitrogens with zero attached hydrogens (tertiary/aromatic N) is 1. The van der Waals surface area contributed by atoms with Crippen molar-refractivity contribution in [3.05, 3.63) is 15.6 Å². The molecular weight excluding hydrogens is 204 g/mol. The average Bonchev–Trinajstić information content (AvgIpc) is 2.75. The Balaban J connectivity index is 2.00. The number of rotatable bonds is 3. The van der Waals surface area contributed by atoms with Gasteiger partial charge in [0.2, 0.25) is 0 Å². The van der Waals surface area contributed by atoms with Crippen molar-refractivity contribution in [3.63, 3.8) is 0 Å². The van der Waals surface area contributed by atoms with Crippen molar-refractivity contribution in [2.24, 2.45) is 11.7 Å². The summed E-state index contributed by atoms with van der Waals surface area (Å²) in [5.41, 5.74) is 7.40. The molecule has 15 heavy (non-hydrogen) atoms. The second-order valence-corrected chi connectivity index (χ2v) is 5.91. The van der Waals surface area contributed by atoms with Crippen LogP contribution in [0.3, 0.4) is 0 Å². The normalized spacial score (nSPS) is 19.7. The highest BCUT2D eigenvalue weighted by atomic mass is 32.1. The highest BCUT2D eigenvalue weighted by molar-refractivity contribution is 7.11. The first-order valence-corrected chi connectivity index (χ1v) is 6.68. The summed E-state index contributed by atoms with van der Waals surface area (Å²) in [4.78, 5) is 5.75. The number of hydrogen-bond acceptors (Lipinski definition) is 3. The van der Waals surface area contributed by atoms with Gasteiger partial charge in [-0.3, -0.25) is 0 Å². The van der Waals surface area contributed by atoms with E-state index in [1.807, 2.05) is 0 Å². The number of thiazole rings is 1. The van der Waals surface area contributed by atoms with Gasteiger partial charge in [0, 0.05) is 10.9 Å². The smallest absolute Gasteiger partial charge is 0.0900 e. The first-order valence-electron chi connectivity index (χ1n) is 5.86. The highest BCUT2D eigenvalue weighted by Crippen LogP contribution is 2.34. The second-order valence-electron chi connectivity index (χ2n) is 4.68. The van der Waals surface area contributed by atoms with E-state index in [0.717, 1.165) is 23.0 Å². The molecule has 3 heteroatoms. The van der Waals surface area contributed by atoms with Gasteiger partial charge in [-0.1, -0.05) is 25.7 Å². The molecular formula is C12H20N2S. The molecule has 0 aromatic carbocycles. The topological polar surface area (TPSA) is 38.9 Å². The summed E-state index contributed by atoms with van der Waals surface area (Å²) in [5.74, 6) is 0.863. The van der Waals surface area contributed by atoms with Gasteiger partial charge in [0.15, 0.2) is 0 Å². The SMILES string of the molecule is Cc1nc(C)c(C(N)CC2CCCC2)s1. The fourth-order valence-corrected chi connectivity index (χ4v) is 3.55. The van der Waals surface area contributed by atoms with Crippen LogP contribution in [0.1, 0.15) is 53.7 Å². The molecule has 0 spiro atoms. The van der Waals surface area contributed by atoms with Gasteiger partial charge >= 0.3 is 0 Å². The molecule has 0 aliphatic heterocycles. The number of aromatic nitrogens is 1. The van der Waals surface area contributed by atoms with Crippen LogP contribution in [-0.4, -0.2) is 4.98 Å². The van der Waals surface area contributed by atoms with Crippen LogP contribution in [0.4, 0.5) is 0 Å². The molecule has 2 rings (SSSR count). The quantitative estimate of drug-likeness (QED) is 0.855. The van der Waals surface area contributed by atoms with Crippen molar-refractivity contribution < 1.29 is 0 Å². The van der Waals surface area contributed by atoms with E-state index >= 15 is 0 Å². The Labute approximate surface area is 95.9 Å². The van der Waals surface area contributed by atoms with Crippen LogP contribution in [0.15, 0.2) is 0 Å². The third kappa shape index (κ3) is 2.58. The third-order valence-electron chi connectivity index (χ3n) is 3.34. The van der Waals surface area contributed by atoms with Gasteiger partial charge in [0.05, 0.1) is 10.7 Å². The Hall–Kier alpha value is -0.410. The minimum atomic E-state index is 0.222. The molecule has 0 amide bonds. The lowest BCUT2D eigenvalue weighted by molar-refractivity contribution is 0.453. The molecule has 1 unspecified atom stereocenters. The predicted octanol–water partition coefficient (Wildman–Crippen LogP) is 3.34. The zero-order valence-electron chi connectivity index (χ0n) is 9.62. The van der Waals surface area contributed by atoms with Crippen LogP contribution in [0, 0.1) is 19.8 Å². The van der Waals surface area contributed by atoms with E-state index in [1.165, 1.54) is 30.6 Å². The van der Waals surface area contributed by atoms with Crippen molar-refractivity contribution >= 4 is 11.3 Å². The Morgan fingerprint density at radius 1 is 1.40 bits per heavy atom. The Kier molecular flexibility index (Phi) is 3.42. The monoisotopic (exact) mass is 224 g/mol. The fraction of sp³-hybridized carbons (Fsp3) is 0.750. The first-order chi connectivity index (χ1) is 7.16. The summed E-state index contributed by atoms with van der Waals surface area (Å²) >= 11 is 1.77. The van der Waals surface area contributed by atoms with Gasteiger partial charge in [-0.05, 0) is 26.2 Å². The summed E-state index contributed by atoms with van der Waals surface area (Å²) in [6.45, 7) is 4.14. The number of aryl methyl sites for hydroxylation is 2. The zero-order valence-corrected chi connectivity index (χ0v) is 10.4.